The van der Waals surface area contributed by atoms with Crippen LogP contribution in [0.2, 0.25) is 0 Å². The summed E-state index contributed by atoms with van der Waals surface area (Å²) >= 11 is 1.83. The monoisotopic (exact) mass is 317 g/mol. The van der Waals surface area contributed by atoms with Crippen molar-refractivity contribution >= 4 is 17.4 Å². The van der Waals surface area contributed by atoms with Crippen LogP contribution in [0.3, 0.4) is 0 Å². The zero-order valence-corrected chi connectivity index (χ0v) is 14.3. The molecule has 0 bridgehead atoms. The van der Waals surface area contributed by atoms with Gasteiger partial charge >= 0.3 is 0 Å². The first-order chi connectivity index (χ1) is 10.9. The molecule has 3 aliphatic rings. The highest BCUT2D eigenvalue weighted by Gasteiger charge is 2.42. The Bertz CT molecular complexity index is 526. The molecule has 1 aromatic carbocycles. The summed E-state index contributed by atoms with van der Waals surface area (Å²) in [5, 5.41) is 3.93. The third-order valence-electron chi connectivity index (χ3n) is 5.87. The molecular weight excluding hydrogens is 290 g/mol. The lowest BCUT2D eigenvalue weighted by atomic mass is 9.71. The second kappa shape index (κ2) is 6.45. The first-order valence-electron chi connectivity index (χ1n) is 8.93. The maximum absolute atomic E-state index is 6.28. The number of thioether (sulfide) groups is 1. The number of hydrogen-bond acceptors (Lipinski definition) is 3. The molecule has 0 radical (unpaired) electrons. The van der Waals surface area contributed by atoms with E-state index in [0.717, 1.165) is 12.5 Å². The van der Waals surface area contributed by atoms with Crippen molar-refractivity contribution in [2.24, 2.45) is 11.8 Å². The van der Waals surface area contributed by atoms with Gasteiger partial charge in [0.2, 0.25) is 0 Å². The van der Waals surface area contributed by atoms with Gasteiger partial charge in [0.25, 0.3) is 0 Å². The van der Waals surface area contributed by atoms with Gasteiger partial charge in [-0.3, -0.25) is 0 Å². The predicted octanol–water partition coefficient (Wildman–Crippen LogP) is 5.25. The SMILES string of the molecule is CSc1ccc2c(c1)C1OCCCC1C(C1CCCCC1)N2. The van der Waals surface area contributed by atoms with Crippen molar-refractivity contribution in [2.45, 2.75) is 62.0 Å². The number of ether oxygens (including phenoxy) is 1. The van der Waals surface area contributed by atoms with Crippen LogP contribution in [0, 0.1) is 11.8 Å². The molecule has 22 heavy (non-hydrogen) atoms. The molecule has 1 saturated heterocycles. The lowest BCUT2D eigenvalue weighted by Gasteiger charge is -2.47. The summed E-state index contributed by atoms with van der Waals surface area (Å²) in [5.74, 6) is 1.51. The molecule has 0 amide bonds. The van der Waals surface area contributed by atoms with Crippen LogP contribution in [0.15, 0.2) is 23.1 Å². The summed E-state index contributed by atoms with van der Waals surface area (Å²) < 4.78 is 6.28. The van der Waals surface area contributed by atoms with Gasteiger partial charge in [-0.2, -0.15) is 0 Å². The molecule has 3 atom stereocenters. The first-order valence-corrected chi connectivity index (χ1v) is 10.2. The Hall–Kier alpha value is -0.670. The number of hydrogen-bond donors (Lipinski definition) is 1. The minimum absolute atomic E-state index is 0.323. The van der Waals surface area contributed by atoms with Crippen molar-refractivity contribution in [3.05, 3.63) is 23.8 Å². The Balaban J connectivity index is 1.67. The number of rotatable bonds is 2. The summed E-state index contributed by atoms with van der Waals surface area (Å²) in [6, 6.07) is 7.51. The van der Waals surface area contributed by atoms with Gasteiger partial charge in [0.15, 0.2) is 0 Å². The van der Waals surface area contributed by atoms with Crippen LogP contribution in [0.4, 0.5) is 5.69 Å². The molecule has 1 saturated carbocycles. The van der Waals surface area contributed by atoms with E-state index >= 15 is 0 Å². The molecule has 0 aromatic heterocycles. The van der Waals surface area contributed by atoms with Crippen LogP contribution in [-0.2, 0) is 4.74 Å². The fraction of sp³-hybridized carbons (Fsp3) is 0.684. The van der Waals surface area contributed by atoms with E-state index in [1.807, 2.05) is 11.8 Å². The molecule has 1 aliphatic carbocycles. The van der Waals surface area contributed by atoms with E-state index in [0.29, 0.717) is 18.1 Å². The Kier molecular flexibility index (Phi) is 4.36. The predicted molar refractivity (Wildman–Crippen MR) is 93.6 cm³/mol. The van der Waals surface area contributed by atoms with Crippen LogP contribution < -0.4 is 5.32 Å². The Morgan fingerprint density at radius 1 is 1.09 bits per heavy atom. The third kappa shape index (κ3) is 2.67. The second-order valence-corrected chi connectivity index (χ2v) is 8.00. The van der Waals surface area contributed by atoms with Gasteiger partial charge in [0.05, 0.1) is 6.10 Å². The van der Waals surface area contributed by atoms with Crippen LogP contribution in [0.1, 0.15) is 56.6 Å². The second-order valence-electron chi connectivity index (χ2n) is 7.12. The maximum atomic E-state index is 6.28. The van der Waals surface area contributed by atoms with Gasteiger partial charge in [-0.15, -0.1) is 11.8 Å². The summed E-state index contributed by atoms with van der Waals surface area (Å²) in [6.07, 6.45) is 12.1. The van der Waals surface area contributed by atoms with E-state index in [-0.39, 0.29) is 0 Å². The molecule has 4 rings (SSSR count). The highest BCUT2D eigenvalue weighted by Crippen LogP contribution is 2.48. The molecule has 2 nitrogen and oxygen atoms in total. The van der Waals surface area contributed by atoms with Crippen LogP contribution in [0.25, 0.3) is 0 Å². The van der Waals surface area contributed by atoms with Crippen molar-refractivity contribution < 1.29 is 4.74 Å². The molecular formula is C19H27NOS. The minimum atomic E-state index is 0.323. The maximum Gasteiger partial charge on any atom is 0.0892 e. The van der Waals surface area contributed by atoms with E-state index in [1.54, 1.807) is 0 Å². The largest absolute Gasteiger partial charge is 0.381 e. The van der Waals surface area contributed by atoms with E-state index in [9.17, 15) is 0 Å². The zero-order valence-electron chi connectivity index (χ0n) is 13.5. The zero-order chi connectivity index (χ0) is 14.9. The van der Waals surface area contributed by atoms with E-state index in [2.05, 4.69) is 29.8 Å². The molecule has 1 aromatic rings. The molecule has 2 fully saturated rings. The lowest BCUT2D eigenvalue weighted by molar-refractivity contribution is -0.0459. The van der Waals surface area contributed by atoms with E-state index in [1.165, 1.54) is 61.1 Å². The van der Waals surface area contributed by atoms with Crippen LogP contribution in [0.5, 0.6) is 0 Å². The minimum Gasteiger partial charge on any atom is -0.381 e. The standard InChI is InChI=1S/C19H27NOS/c1-22-14-9-10-17-16(12-14)19-15(8-5-11-21-19)18(20-17)13-6-3-2-4-7-13/h9-10,12-13,15,18-20H,2-8,11H2,1H3. The van der Waals surface area contributed by atoms with Crippen molar-refractivity contribution in [1.82, 2.24) is 0 Å². The highest BCUT2D eigenvalue weighted by molar-refractivity contribution is 7.98. The Morgan fingerprint density at radius 3 is 2.77 bits per heavy atom. The Morgan fingerprint density at radius 2 is 1.95 bits per heavy atom. The number of anilines is 1. The first kappa shape index (κ1) is 14.9. The molecule has 2 aliphatic heterocycles. The van der Waals surface area contributed by atoms with Gasteiger partial charge in [-0.05, 0) is 56.1 Å². The average molecular weight is 317 g/mol. The number of benzene rings is 1. The third-order valence-corrected chi connectivity index (χ3v) is 6.60. The molecule has 0 spiro atoms. The lowest BCUT2D eigenvalue weighted by Crippen LogP contribution is -2.46. The molecule has 3 unspecified atom stereocenters. The van der Waals surface area contributed by atoms with Gasteiger partial charge < -0.3 is 10.1 Å². The van der Waals surface area contributed by atoms with Gasteiger partial charge in [0, 0.05) is 34.7 Å². The van der Waals surface area contributed by atoms with Crippen molar-refractivity contribution in [1.29, 1.82) is 0 Å². The fourth-order valence-electron chi connectivity index (χ4n) is 4.77. The summed E-state index contributed by atoms with van der Waals surface area (Å²) in [6.45, 7) is 0.932. The summed E-state index contributed by atoms with van der Waals surface area (Å²) in [5.41, 5.74) is 2.74. The fourth-order valence-corrected chi connectivity index (χ4v) is 5.22. The van der Waals surface area contributed by atoms with Crippen molar-refractivity contribution in [3.8, 4) is 0 Å². The molecule has 1 N–H and O–H groups in total. The number of fused-ring (bicyclic) bond motifs is 3. The Labute approximate surface area is 138 Å². The summed E-state index contributed by atoms with van der Waals surface area (Å²) in [7, 11) is 0. The normalized spacial score (nSPS) is 32.0. The topological polar surface area (TPSA) is 21.3 Å². The van der Waals surface area contributed by atoms with Gasteiger partial charge in [-0.1, -0.05) is 19.3 Å². The van der Waals surface area contributed by atoms with Crippen molar-refractivity contribution in [2.75, 3.05) is 18.2 Å². The quantitative estimate of drug-likeness (QED) is 0.753. The van der Waals surface area contributed by atoms with Crippen LogP contribution in [-0.4, -0.2) is 18.9 Å². The van der Waals surface area contributed by atoms with E-state index < -0.39 is 0 Å². The van der Waals surface area contributed by atoms with Crippen molar-refractivity contribution in [3.63, 3.8) is 0 Å². The van der Waals surface area contributed by atoms with Crippen LogP contribution >= 0.6 is 11.8 Å². The summed E-state index contributed by atoms with van der Waals surface area (Å²) in [4.78, 5) is 1.35. The molecule has 3 heteroatoms. The average Bonchev–Trinajstić information content (AvgIpc) is 2.61. The molecule has 2 heterocycles. The van der Waals surface area contributed by atoms with Gasteiger partial charge in [-0.25, -0.2) is 0 Å². The highest BCUT2D eigenvalue weighted by atomic mass is 32.2. The number of nitrogens with one attached hydrogen (secondary N) is 1. The van der Waals surface area contributed by atoms with E-state index in [4.69, 9.17) is 4.74 Å². The van der Waals surface area contributed by atoms with Gasteiger partial charge in [0.1, 0.15) is 0 Å². The molecule has 120 valence electrons. The smallest absolute Gasteiger partial charge is 0.0892 e.